The van der Waals surface area contributed by atoms with Crippen LogP contribution in [0.2, 0.25) is 0 Å². The van der Waals surface area contributed by atoms with Gasteiger partial charge in [-0.2, -0.15) is 0 Å². The first kappa shape index (κ1) is 31.6. The van der Waals surface area contributed by atoms with Crippen molar-refractivity contribution in [2.45, 2.75) is 0 Å². The quantitative estimate of drug-likeness (QED) is 0.170. The van der Waals surface area contributed by atoms with Crippen molar-refractivity contribution >= 4 is 81.3 Å². The van der Waals surface area contributed by atoms with Gasteiger partial charge < -0.3 is 9.32 Å². The lowest BCUT2D eigenvalue weighted by Gasteiger charge is -2.27. The molecule has 0 fully saturated rings. The molecule has 11 rings (SSSR count). The smallest absolute Gasteiger partial charge is 0.143 e. The number of anilines is 3. The van der Waals surface area contributed by atoms with Crippen molar-refractivity contribution in [1.82, 2.24) is 0 Å². The minimum Gasteiger partial charge on any atom is -0.455 e. The Bertz CT molecular complexity index is 3180. The Hall–Kier alpha value is -6.94. The Labute approximate surface area is 322 Å². The zero-order chi connectivity index (χ0) is 36.3. The molecule has 0 amide bonds. The van der Waals surface area contributed by atoms with Crippen molar-refractivity contribution in [3.05, 3.63) is 200 Å². The average molecular weight is 720 g/mol. The molecular formula is C52H33NOS. The van der Waals surface area contributed by atoms with Gasteiger partial charge in [0, 0.05) is 47.9 Å². The highest BCUT2D eigenvalue weighted by Crippen LogP contribution is 2.47. The van der Waals surface area contributed by atoms with Gasteiger partial charge in [-0.05, 0) is 93.2 Å². The van der Waals surface area contributed by atoms with E-state index < -0.39 is 0 Å². The maximum absolute atomic E-state index is 6.79. The number of hydrogen-bond donors (Lipinski definition) is 0. The van der Waals surface area contributed by atoms with Crippen LogP contribution in [-0.2, 0) is 0 Å². The molecule has 0 N–H and O–H groups in total. The lowest BCUT2D eigenvalue weighted by atomic mass is 9.93. The van der Waals surface area contributed by atoms with Crippen molar-refractivity contribution in [3.8, 4) is 33.4 Å². The molecule has 2 nitrogen and oxygen atoms in total. The number of rotatable bonds is 6. The summed E-state index contributed by atoms with van der Waals surface area (Å²) in [7, 11) is 0. The second-order valence-electron chi connectivity index (χ2n) is 14.0. The van der Waals surface area contributed by atoms with E-state index in [0.29, 0.717) is 0 Å². The third-order valence-corrected chi connectivity index (χ3v) is 12.0. The molecule has 2 aromatic heterocycles. The highest BCUT2D eigenvalue weighted by Gasteiger charge is 2.21. The molecule has 0 unspecified atom stereocenters. The van der Waals surface area contributed by atoms with Gasteiger partial charge in [-0.3, -0.25) is 0 Å². The van der Waals surface area contributed by atoms with E-state index in [1.807, 2.05) is 11.3 Å². The van der Waals surface area contributed by atoms with Crippen LogP contribution < -0.4 is 4.90 Å². The second kappa shape index (κ2) is 12.9. The van der Waals surface area contributed by atoms with Crippen LogP contribution in [0.25, 0.3) is 86.3 Å². The monoisotopic (exact) mass is 719 g/mol. The van der Waals surface area contributed by atoms with E-state index in [0.717, 1.165) is 61.3 Å². The SMILES string of the molecule is c1ccc(-c2ccc(N(c3ccc(-c4cccc5oc6c(-c7ccccc7)cc7ccccc7c6c45)cc3)c3cccc4sc5ccccc5c34)cc2)cc1. The van der Waals surface area contributed by atoms with Gasteiger partial charge in [0.15, 0.2) is 0 Å². The van der Waals surface area contributed by atoms with Crippen molar-refractivity contribution in [1.29, 1.82) is 0 Å². The lowest BCUT2D eigenvalue weighted by Crippen LogP contribution is -2.10. The van der Waals surface area contributed by atoms with E-state index in [2.05, 4.69) is 205 Å². The molecule has 0 aliphatic carbocycles. The van der Waals surface area contributed by atoms with Crippen molar-refractivity contribution in [2.24, 2.45) is 0 Å². The van der Waals surface area contributed by atoms with Crippen LogP contribution in [-0.4, -0.2) is 0 Å². The summed E-state index contributed by atoms with van der Waals surface area (Å²) < 4.78 is 9.36. The zero-order valence-electron chi connectivity index (χ0n) is 29.8. The fourth-order valence-electron chi connectivity index (χ4n) is 8.33. The molecule has 0 bridgehead atoms. The minimum atomic E-state index is 0.890. The summed E-state index contributed by atoms with van der Waals surface area (Å²) in [5, 5.41) is 7.24. The number of furan rings is 1. The highest BCUT2D eigenvalue weighted by atomic mass is 32.1. The van der Waals surface area contributed by atoms with Gasteiger partial charge >= 0.3 is 0 Å². The predicted octanol–water partition coefficient (Wildman–Crippen LogP) is 15.6. The lowest BCUT2D eigenvalue weighted by molar-refractivity contribution is 0.670. The standard InChI is InChI=1S/C52H33NOS/c1-3-13-34(14-4-1)35-25-29-39(30-26-35)53(45-21-12-24-48-49(45)43-19-9-10-23-47(43)55-48)40-31-27-37(28-32-40)41-20-11-22-46-50(41)51-42-18-8-7-17-38(42)33-44(52(51)54-46)36-15-5-2-6-16-36/h1-33H. The number of nitrogens with zero attached hydrogens (tertiary/aromatic N) is 1. The van der Waals surface area contributed by atoms with E-state index in [9.17, 15) is 0 Å². The first-order chi connectivity index (χ1) is 27.3. The Morgan fingerprint density at radius 1 is 0.382 bits per heavy atom. The third-order valence-electron chi connectivity index (χ3n) is 10.9. The maximum Gasteiger partial charge on any atom is 0.143 e. The van der Waals surface area contributed by atoms with Crippen LogP contribution >= 0.6 is 11.3 Å². The maximum atomic E-state index is 6.79. The first-order valence-corrected chi connectivity index (χ1v) is 19.5. The van der Waals surface area contributed by atoms with E-state index in [4.69, 9.17) is 4.42 Å². The number of thiophene rings is 1. The fourth-order valence-corrected chi connectivity index (χ4v) is 9.46. The predicted molar refractivity (Wildman–Crippen MR) is 235 cm³/mol. The summed E-state index contributed by atoms with van der Waals surface area (Å²) in [5.41, 5.74) is 12.1. The zero-order valence-corrected chi connectivity index (χ0v) is 30.6. The van der Waals surface area contributed by atoms with Crippen LogP contribution in [0.15, 0.2) is 205 Å². The van der Waals surface area contributed by atoms with Gasteiger partial charge in [0.2, 0.25) is 0 Å². The van der Waals surface area contributed by atoms with Crippen LogP contribution in [0.4, 0.5) is 17.1 Å². The Kier molecular flexibility index (Phi) is 7.39. The molecule has 0 aliphatic rings. The van der Waals surface area contributed by atoms with Crippen LogP contribution in [0.1, 0.15) is 0 Å². The average Bonchev–Trinajstić information content (AvgIpc) is 3.85. The third kappa shape index (κ3) is 5.24. The number of hydrogen-bond acceptors (Lipinski definition) is 3. The highest BCUT2D eigenvalue weighted by molar-refractivity contribution is 7.26. The van der Waals surface area contributed by atoms with Crippen molar-refractivity contribution < 1.29 is 4.42 Å². The molecular weight excluding hydrogens is 687 g/mol. The molecule has 3 heteroatoms. The van der Waals surface area contributed by atoms with Gasteiger partial charge in [-0.1, -0.05) is 146 Å². The molecule has 0 atom stereocenters. The molecule has 0 saturated heterocycles. The Morgan fingerprint density at radius 2 is 0.964 bits per heavy atom. The summed E-state index contributed by atoms with van der Waals surface area (Å²) in [6.07, 6.45) is 0. The normalized spacial score (nSPS) is 11.6. The molecule has 55 heavy (non-hydrogen) atoms. The Morgan fingerprint density at radius 3 is 1.73 bits per heavy atom. The van der Waals surface area contributed by atoms with Crippen LogP contribution in [0.3, 0.4) is 0 Å². The van der Waals surface area contributed by atoms with E-state index in [1.165, 1.54) is 42.1 Å². The fraction of sp³-hybridized carbons (Fsp3) is 0. The van der Waals surface area contributed by atoms with Crippen LogP contribution in [0, 0.1) is 0 Å². The van der Waals surface area contributed by atoms with Gasteiger partial charge in [0.25, 0.3) is 0 Å². The van der Waals surface area contributed by atoms with Gasteiger partial charge in [0.05, 0.1) is 5.69 Å². The summed E-state index contributed by atoms with van der Waals surface area (Å²) in [4.78, 5) is 2.41. The summed E-state index contributed by atoms with van der Waals surface area (Å²) in [6, 6.07) is 72.0. The van der Waals surface area contributed by atoms with Crippen molar-refractivity contribution in [3.63, 3.8) is 0 Å². The summed E-state index contributed by atoms with van der Waals surface area (Å²) >= 11 is 1.85. The molecule has 0 saturated carbocycles. The first-order valence-electron chi connectivity index (χ1n) is 18.7. The minimum absolute atomic E-state index is 0.890. The molecule has 2 heterocycles. The number of fused-ring (bicyclic) bond motifs is 8. The number of benzene rings is 9. The molecule has 0 spiro atoms. The van der Waals surface area contributed by atoms with E-state index in [1.54, 1.807) is 0 Å². The summed E-state index contributed by atoms with van der Waals surface area (Å²) in [5.74, 6) is 0. The van der Waals surface area contributed by atoms with Crippen molar-refractivity contribution in [2.75, 3.05) is 4.90 Å². The molecule has 0 aliphatic heterocycles. The summed E-state index contributed by atoms with van der Waals surface area (Å²) in [6.45, 7) is 0. The van der Waals surface area contributed by atoms with Gasteiger partial charge in [-0.25, -0.2) is 0 Å². The molecule has 11 aromatic rings. The topological polar surface area (TPSA) is 16.4 Å². The van der Waals surface area contributed by atoms with Crippen LogP contribution in [0.5, 0.6) is 0 Å². The molecule has 258 valence electrons. The van der Waals surface area contributed by atoms with E-state index >= 15 is 0 Å². The largest absolute Gasteiger partial charge is 0.455 e. The second-order valence-corrected chi connectivity index (χ2v) is 15.1. The van der Waals surface area contributed by atoms with Gasteiger partial charge in [0.1, 0.15) is 11.2 Å². The molecule has 9 aromatic carbocycles. The molecule has 0 radical (unpaired) electrons. The van der Waals surface area contributed by atoms with E-state index in [-0.39, 0.29) is 0 Å². The van der Waals surface area contributed by atoms with Gasteiger partial charge in [-0.15, -0.1) is 11.3 Å². The Balaban J connectivity index is 1.09.